The molecule has 0 fully saturated rings. The molecular formula is C30H24O. The van der Waals surface area contributed by atoms with E-state index in [0.29, 0.717) is 5.92 Å². The van der Waals surface area contributed by atoms with E-state index in [9.17, 15) is 4.79 Å². The molecule has 1 heteroatoms. The quantitative estimate of drug-likeness (QED) is 0.322. The maximum atomic E-state index is 12.5. The second-order valence-corrected chi connectivity index (χ2v) is 8.77. The zero-order chi connectivity index (χ0) is 20.9. The van der Waals surface area contributed by atoms with E-state index in [0.717, 1.165) is 18.4 Å². The van der Waals surface area contributed by atoms with Gasteiger partial charge < -0.3 is 0 Å². The molecule has 0 amide bonds. The highest BCUT2D eigenvalue weighted by molar-refractivity contribution is 5.99. The van der Waals surface area contributed by atoms with Crippen molar-refractivity contribution in [3.05, 3.63) is 119 Å². The average Bonchev–Trinajstić information content (AvgIpc) is 3.30. The van der Waals surface area contributed by atoms with Crippen LogP contribution in [0.5, 0.6) is 0 Å². The van der Waals surface area contributed by atoms with Crippen LogP contribution in [-0.4, -0.2) is 5.78 Å². The molecule has 150 valence electrons. The number of hydrogen-bond acceptors (Lipinski definition) is 1. The number of carbonyl (C=O) groups is 1. The molecule has 6 rings (SSSR count). The molecule has 4 aromatic carbocycles. The van der Waals surface area contributed by atoms with E-state index in [2.05, 4.69) is 78.9 Å². The Labute approximate surface area is 183 Å². The van der Waals surface area contributed by atoms with Crippen LogP contribution in [0.4, 0.5) is 0 Å². The molecular weight excluding hydrogens is 376 g/mol. The lowest BCUT2D eigenvalue weighted by Gasteiger charge is -2.20. The van der Waals surface area contributed by atoms with Crippen LogP contribution in [0.15, 0.2) is 91.0 Å². The van der Waals surface area contributed by atoms with Crippen LogP contribution in [0, 0.1) is 0 Å². The molecule has 0 spiro atoms. The average molecular weight is 401 g/mol. The van der Waals surface area contributed by atoms with Gasteiger partial charge >= 0.3 is 0 Å². The standard InChI is InChI=1S/C30H24O/c1-19(31)20-15-8-16-28-25-13-6-7-14-26(25)29(30(20)28)18-17-27-23-11-4-2-9-21(23)22-10-3-5-12-24(22)27/h2-16,27,29H,17-18H2,1H3. The first kappa shape index (κ1) is 18.3. The SMILES string of the molecule is CC(=O)c1cccc2c1C(CCC1c3ccccc3-c3ccccc31)c1ccccc1-2. The fourth-order valence-electron chi connectivity index (χ4n) is 5.89. The molecule has 0 heterocycles. The number of hydrogen-bond donors (Lipinski definition) is 0. The summed E-state index contributed by atoms with van der Waals surface area (Å²) in [5, 5.41) is 0. The van der Waals surface area contributed by atoms with Crippen molar-refractivity contribution in [1.82, 2.24) is 0 Å². The topological polar surface area (TPSA) is 17.1 Å². The molecule has 1 unspecified atom stereocenters. The molecule has 0 aliphatic heterocycles. The Morgan fingerprint density at radius 1 is 0.581 bits per heavy atom. The largest absolute Gasteiger partial charge is 0.295 e. The molecule has 31 heavy (non-hydrogen) atoms. The van der Waals surface area contributed by atoms with E-state index < -0.39 is 0 Å². The van der Waals surface area contributed by atoms with E-state index in [1.54, 1.807) is 6.92 Å². The number of fused-ring (bicyclic) bond motifs is 6. The monoisotopic (exact) mass is 400 g/mol. The molecule has 0 radical (unpaired) electrons. The molecule has 4 aromatic rings. The molecule has 2 aliphatic carbocycles. The molecule has 0 saturated heterocycles. The lowest BCUT2D eigenvalue weighted by Crippen LogP contribution is -2.07. The Balaban J connectivity index is 1.42. The van der Waals surface area contributed by atoms with Crippen LogP contribution >= 0.6 is 0 Å². The number of rotatable bonds is 4. The van der Waals surface area contributed by atoms with Gasteiger partial charge in [0.05, 0.1) is 0 Å². The van der Waals surface area contributed by atoms with Gasteiger partial charge in [-0.15, -0.1) is 0 Å². The third-order valence-electron chi connectivity index (χ3n) is 7.17. The third kappa shape index (κ3) is 2.73. The van der Waals surface area contributed by atoms with Crippen LogP contribution in [0.3, 0.4) is 0 Å². The fourth-order valence-corrected chi connectivity index (χ4v) is 5.89. The van der Waals surface area contributed by atoms with Crippen molar-refractivity contribution in [2.24, 2.45) is 0 Å². The van der Waals surface area contributed by atoms with Crippen molar-refractivity contribution >= 4 is 5.78 Å². The van der Waals surface area contributed by atoms with Gasteiger partial charge in [-0.25, -0.2) is 0 Å². The smallest absolute Gasteiger partial charge is 0.160 e. The minimum absolute atomic E-state index is 0.159. The van der Waals surface area contributed by atoms with Gasteiger partial charge in [0.15, 0.2) is 5.78 Å². The lowest BCUT2D eigenvalue weighted by molar-refractivity contribution is 0.101. The van der Waals surface area contributed by atoms with Crippen LogP contribution in [0.1, 0.15) is 64.2 Å². The Kier molecular flexibility index (Phi) is 4.17. The normalized spacial score (nSPS) is 15.8. The molecule has 0 N–H and O–H groups in total. The highest BCUT2D eigenvalue weighted by Crippen LogP contribution is 2.52. The Morgan fingerprint density at radius 3 is 1.61 bits per heavy atom. The summed E-state index contributed by atoms with van der Waals surface area (Å²) >= 11 is 0. The van der Waals surface area contributed by atoms with Gasteiger partial charge in [-0.3, -0.25) is 4.79 Å². The number of carbonyl (C=O) groups excluding carboxylic acids is 1. The lowest BCUT2D eigenvalue weighted by atomic mass is 9.83. The first-order chi connectivity index (χ1) is 15.2. The molecule has 0 saturated carbocycles. The maximum Gasteiger partial charge on any atom is 0.160 e. The fraction of sp³-hybridized carbons (Fsp3) is 0.167. The summed E-state index contributed by atoms with van der Waals surface area (Å²) in [6, 6.07) is 32.6. The molecule has 1 nitrogen and oxygen atoms in total. The van der Waals surface area contributed by atoms with Crippen molar-refractivity contribution in [2.45, 2.75) is 31.6 Å². The number of benzene rings is 4. The summed E-state index contributed by atoms with van der Waals surface area (Å²) in [6.07, 6.45) is 2.10. The van der Waals surface area contributed by atoms with Gasteiger partial charge in [0.2, 0.25) is 0 Å². The molecule has 0 bridgehead atoms. The minimum atomic E-state index is 0.159. The van der Waals surface area contributed by atoms with Crippen LogP contribution < -0.4 is 0 Å². The second-order valence-electron chi connectivity index (χ2n) is 8.77. The second kappa shape index (κ2) is 7.06. The maximum absolute atomic E-state index is 12.5. The molecule has 0 aromatic heterocycles. The Morgan fingerprint density at radius 2 is 1.03 bits per heavy atom. The minimum Gasteiger partial charge on any atom is -0.295 e. The van der Waals surface area contributed by atoms with Gasteiger partial charge in [-0.05, 0) is 64.3 Å². The zero-order valence-corrected chi connectivity index (χ0v) is 17.6. The summed E-state index contributed by atoms with van der Waals surface area (Å²) in [5.74, 6) is 0.838. The van der Waals surface area contributed by atoms with Crippen molar-refractivity contribution in [3.8, 4) is 22.3 Å². The highest BCUT2D eigenvalue weighted by Gasteiger charge is 2.34. The predicted molar refractivity (Wildman–Crippen MR) is 127 cm³/mol. The first-order valence-electron chi connectivity index (χ1n) is 11.2. The third-order valence-corrected chi connectivity index (χ3v) is 7.17. The van der Waals surface area contributed by atoms with Crippen molar-refractivity contribution < 1.29 is 4.79 Å². The molecule has 1 atom stereocenters. The Bertz CT molecular complexity index is 1280. The molecule has 2 aliphatic rings. The van der Waals surface area contributed by atoms with Gasteiger partial charge in [-0.2, -0.15) is 0 Å². The highest BCUT2D eigenvalue weighted by atomic mass is 16.1. The van der Waals surface area contributed by atoms with E-state index >= 15 is 0 Å². The number of Topliss-reactive ketones (excluding diaryl/α,β-unsaturated/α-hetero) is 1. The van der Waals surface area contributed by atoms with Crippen molar-refractivity contribution in [2.75, 3.05) is 0 Å². The zero-order valence-electron chi connectivity index (χ0n) is 17.6. The van der Waals surface area contributed by atoms with Gasteiger partial charge in [0.25, 0.3) is 0 Å². The van der Waals surface area contributed by atoms with Gasteiger partial charge in [-0.1, -0.05) is 91.0 Å². The van der Waals surface area contributed by atoms with E-state index in [1.165, 1.54) is 44.5 Å². The van der Waals surface area contributed by atoms with E-state index in [1.807, 2.05) is 12.1 Å². The number of ketones is 1. The van der Waals surface area contributed by atoms with Crippen LogP contribution in [-0.2, 0) is 0 Å². The summed E-state index contributed by atoms with van der Waals surface area (Å²) in [6.45, 7) is 1.69. The summed E-state index contributed by atoms with van der Waals surface area (Å²) in [7, 11) is 0. The van der Waals surface area contributed by atoms with Gasteiger partial charge in [0.1, 0.15) is 0 Å². The van der Waals surface area contributed by atoms with Crippen LogP contribution in [0.25, 0.3) is 22.3 Å². The van der Waals surface area contributed by atoms with E-state index in [4.69, 9.17) is 0 Å². The van der Waals surface area contributed by atoms with Gasteiger partial charge in [0, 0.05) is 17.4 Å². The van der Waals surface area contributed by atoms with E-state index in [-0.39, 0.29) is 11.7 Å². The first-order valence-corrected chi connectivity index (χ1v) is 11.2. The predicted octanol–water partition coefficient (Wildman–Crippen LogP) is 7.59. The van der Waals surface area contributed by atoms with Crippen molar-refractivity contribution in [1.29, 1.82) is 0 Å². The van der Waals surface area contributed by atoms with Crippen molar-refractivity contribution in [3.63, 3.8) is 0 Å². The summed E-state index contributed by atoms with van der Waals surface area (Å²) in [4.78, 5) is 12.5. The summed E-state index contributed by atoms with van der Waals surface area (Å²) < 4.78 is 0. The Hall–Kier alpha value is -3.45. The summed E-state index contributed by atoms with van der Waals surface area (Å²) in [5.41, 5.74) is 11.6. The van der Waals surface area contributed by atoms with Crippen LogP contribution in [0.2, 0.25) is 0 Å².